The van der Waals surface area contributed by atoms with E-state index in [-0.39, 0.29) is 17.8 Å². The van der Waals surface area contributed by atoms with E-state index in [1.165, 1.54) is 88.0 Å². The van der Waals surface area contributed by atoms with E-state index in [1.54, 1.807) is 19.2 Å². The molecule has 1 aliphatic heterocycles. The number of carbonyl (C=O) groups excluding carboxylic acids is 1. The van der Waals surface area contributed by atoms with Crippen LogP contribution < -0.4 is 16.4 Å². The Labute approximate surface area is 233 Å². The van der Waals surface area contributed by atoms with Crippen molar-refractivity contribution in [3.05, 3.63) is 35.8 Å². The van der Waals surface area contributed by atoms with Crippen molar-refractivity contribution >= 4 is 16.8 Å². The van der Waals surface area contributed by atoms with Gasteiger partial charge in [0.2, 0.25) is 0 Å². The first-order valence-corrected chi connectivity index (χ1v) is 15.8. The van der Waals surface area contributed by atoms with Gasteiger partial charge in [0.05, 0.1) is 0 Å². The number of rotatable bonds is 8. The molecule has 6 nitrogen and oxygen atoms in total. The van der Waals surface area contributed by atoms with Crippen molar-refractivity contribution in [3.63, 3.8) is 0 Å². The Hall–Kier alpha value is -1.96. The number of H-pyrrole nitrogens is 1. The maximum absolute atomic E-state index is 14.1. The van der Waals surface area contributed by atoms with Gasteiger partial charge in [-0.1, -0.05) is 44.9 Å². The van der Waals surface area contributed by atoms with Crippen LogP contribution in [0.25, 0.3) is 10.9 Å². The summed E-state index contributed by atoms with van der Waals surface area (Å²) in [6, 6.07) is 5.82. The average molecular weight is 538 g/mol. The van der Waals surface area contributed by atoms with E-state index >= 15 is 0 Å². The minimum atomic E-state index is -0.677. The van der Waals surface area contributed by atoms with Crippen LogP contribution in [0.15, 0.2) is 24.4 Å². The van der Waals surface area contributed by atoms with Crippen molar-refractivity contribution in [2.45, 2.75) is 101 Å². The molecule has 39 heavy (non-hydrogen) atoms. The van der Waals surface area contributed by atoms with Crippen LogP contribution in [0.2, 0.25) is 0 Å². The van der Waals surface area contributed by atoms with Crippen LogP contribution in [0.5, 0.6) is 0 Å². The van der Waals surface area contributed by atoms with Crippen LogP contribution in [0, 0.1) is 29.5 Å². The number of hydrogen-bond donors (Lipinski definition) is 4. The molecule has 1 amide bonds. The van der Waals surface area contributed by atoms with Gasteiger partial charge in [0.15, 0.2) is 0 Å². The fourth-order valence-corrected chi connectivity index (χ4v) is 9.01. The monoisotopic (exact) mass is 537 g/mol. The molecule has 2 aromatic rings. The number of aromatic nitrogens is 1. The Balaban J connectivity index is 1.29. The molecule has 5 N–H and O–H groups in total. The van der Waals surface area contributed by atoms with E-state index < -0.39 is 6.17 Å². The standard InChI is InChI=1S/C32H48FN5O/c1-35-31(34)32(39)37-29(21-9-3-2-4-10-21)19-38-14-13-22-15-23(20-7-5-6-8-20)16-26(30(22)38)27-18-36-28-17-24(33)11-12-25(27)28/h11-12,17-18,20-23,26,29-31,35-36H,2-10,13-16,19,34H2,1H3,(H,37,39). The molecule has 1 aromatic heterocycles. The molecule has 214 valence electrons. The van der Waals surface area contributed by atoms with Gasteiger partial charge in [-0.3, -0.25) is 15.0 Å². The zero-order valence-electron chi connectivity index (χ0n) is 23.6. The quantitative estimate of drug-likeness (QED) is 0.347. The maximum atomic E-state index is 14.1. The Morgan fingerprint density at radius 1 is 1.05 bits per heavy atom. The number of aromatic amines is 1. The van der Waals surface area contributed by atoms with Gasteiger partial charge in [-0.15, -0.1) is 0 Å². The highest BCUT2D eigenvalue weighted by Crippen LogP contribution is 2.52. The summed E-state index contributed by atoms with van der Waals surface area (Å²) in [5, 5.41) is 7.47. The van der Waals surface area contributed by atoms with Crippen LogP contribution in [0.3, 0.4) is 0 Å². The average Bonchev–Trinajstić information content (AvgIpc) is 3.72. The minimum Gasteiger partial charge on any atom is -0.361 e. The lowest BCUT2D eigenvalue weighted by molar-refractivity contribution is -0.124. The summed E-state index contributed by atoms with van der Waals surface area (Å²) in [7, 11) is 1.74. The first kappa shape index (κ1) is 27.2. The Kier molecular flexibility index (Phi) is 8.29. The Morgan fingerprint density at radius 3 is 2.59 bits per heavy atom. The molecular formula is C32H48FN5O. The third-order valence-corrected chi connectivity index (χ3v) is 11.0. The topological polar surface area (TPSA) is 86.2 Å². The first-order valence-electron chi connectivity index (χ1n) is 15.8. The molecule has 0 spiro atoms. The van der Waals surface area contributed by atoms with Crippen LogP contribution in [-0.2, 0) is 4.79 Å². The van der Waals surface area contributed by atoms with E-state index in [1.807, 2.05) is 6.07 Å². The van der Waals surface area contributed by atoms with Crippen molar-refractivity contribution in [3.8, 4) is 0 Å². The maximum Gasteiger partial charge on any atom is 0.251 e. The third kappa shape index (κ3) is 5.64. The third-order valence-electron chi connectivity index (χ3n) is 11.0. The predicted molar refractivity (Wildman–Crippen MR) is 155 cm³/mol. The Morgan fingerprint density at radius 2 is 1.82 bits per heavy atom. The van der Waals surface area contributed by atoms with E-state index in [9.17, 15) is 9.18 Å². The number of fused-ring (bicyclic) bond motifs is 2. The van der Waals surface area contributed by atoms with E-state index in [2.05, 4.69) is 26.7 Å². The van der Waals surface area contributed by atoms with Crippen LogP contribution in [0.1, 0.15) is 88.5 Å². The number of likely N-dealkylation sites (tertiary alicyclic amines) is 1. The van der Waals surface area contributed by atoms with Crippen molar-refractivity contribution < 1.29 is 9.18 Å². The lowest BCUT2D eigenvalue weighted by Gasteiger charge is -2.45. The fraction of sp³-hybridized carbons (Fsp3) is 0.719. The second-order valence-electron chi connectivity index (χ2n) is 13.1. The van der Waals surface area contributed by atoms with Gasteiger partial charge in [-0.25, -0.2) is 4.39 Å². The summed E-state index contributed by atoms with van der Waals surface area (Å²) in [6.45, 7) is 1.99. The number of halogens is 1. The molecule has 6 atom stereocenters. The van der Waals surface area contributed by atoms with Crippen LogP contribution >= 0.6 is 0 Å². The zero-order valence-corrected chi connectivity index (χ0v) is 23.6. The van der Waals surface area contributed by atoms with Gasteiger partial charge in [0.25, 0.3) is 5.91 Å². The number of likely N-dealkylation sites (N-methyl/N-ethyl adjacent to an activating group) is 1. The largest absolute Gasteiger partial charge is 0.361 e. The number of nitrogens with two attached hydrogens (primary N) is 1. The van der Waals surface area contributed by atoms with E-state index in [4.69, 9.17) is 5.73 Å². The number of amides is 1. The van der Waals surface area contributed by atoms with Crippen LogP contribution in [0.4, 0.5) is 4.39 Å². The molecule has 4 fully saturated rings. The van der Waals surface area contributed by atoms with Crippen LogP contribution in [-0.4, -0.2) is 54.2 Å². The number of benzene rings is 1. The lowest BCUT2D eigenvalue weighted by atomic mass is 9.65. The van der Waals surface area contributed by atoms with Gasteiger partial charge in [0.1, 0.15) is 12.0 Å². The highest BCUT2D eigenvalue weighted by molar-refractivity contribution is 5.84. The highest BCUT2D eigenvalue weighted by Gasteiger charge is 2.48. The van der Waals surface area contributed by atoms with Crippen molar-refractivity contribution in [1.29, 1.82) is 0 Å². The molecule has 3 aliphatic carbocycles. The van der Waals surface area contributed by atoms with Gasteiger partial charge in [0, 0.05) is 41.6 Å². The summed E-state index contributed by atoms with van der Waals surface area (Å²) < 4.78 is 14.1. The van der Waals surface area contributed by atoms with Crippen molar-refractivity contribution in [2.75, 3.05) is 20.1 Å². The smallest absolute Gasteiger partial charge is 0.251 e. The number of nitrogens with zero attached hydrogens (tertiary/aromatic N) is 1. The lowest BCUT2D eigenvalue weighted by Crippen LogP contribution is -2.57. The summed E-state index contributed by atoms with van der Waals surface area (Å²) in [4.78, 5) is 19.1. The summed E-state index contributed by atoms with van der Waals surface area (Å²) in [5.74, 6) is 2.99. The van der Waals surface area contributed by atoms with Gasteiger partial charge < -0.3 is 16.0 Å². The SMILES string of the molecule is CNC(N)C(=O)NC(CN1CCC2CC(C3CCCC3)CC(c3c[nH]c4cc(F)ccc34)C21)C1CCCCC1. The molecule has 0 radical (unpaired) electrons. The number of nitrogens with one attached hydrogen (secondary N) is 3. The molecule has 7 heteroatoms. The van der Waals surface area contributed by atoms with Crippen molar-refractivity contribution in [1.82, 2.24) is 20.5 Å². The van der Waals surface area contributed by atoms with Gasteiger partial charge >= 0.3 is 0 Å². The van der Waals surface area contributed by atoms with E-state index in [0.29, 0.717) is 23.8 Å². The molecule has 1 saturated heterocycles. The second-order valence-corrected chi connectivity index (χ2v) is 13.1. The van der Waals surface area contributed by atoms with Gasteiger partial charge in [-0.05, 0) is 93.1 Å². The molecule has 1 aromatic carbocycles. The normalized spacial score (nSPS) is 30.4. The van der Waals surface area contributed by atoms with Crippen molar-refractivity contribution in [2.24, 2.45) is 29.4 Å². The Bertz CT molecular complexity index is 1120. The molecule has 6 unspecified atom stereocenters. The molecule has 4 aliphatic rings. The number of hydrogen-bond acceptors (Lipinski definition) is 4. The molecule has 3 saturated carbocycles. The highest BCUT2D eigenvalue weighted by atomic mass is 19.1. The number of carbonyl (C=O) groups is 1. The molecule has 0 bridgehead atoms. The predicted octanol–water partition coefficient (Wildman–Crippen LogP) is 5.25. The van der Waals surface area contributed by atoms with E-state index in [0.717, 1.165) is 30.4 Å². The first-order chi connectivity index (χ1) is 19.0. The minimum absolute atomic E-state index is 0.0935. The zero-order chi connectivity index (χ0) is 26.9. The molecule has 6 rings (SSSR count). The fourth-order valence-electron chi connectivity index (χ4n) is 9.01. The molecule has 2 heterocycles. The summed E-state index contributed by atoms with van der Waals surface area (Å²) in [5.41, 5.74) is 8.34. The summed E-state index contributed by atoms with van der Waals surface area (Å²) in [6.07, 6.45) is 17.0. The molecular weight excluding hydrogens is 489 g/mol. The summed E-state index contributed by atoms with van der Waals surface area (Å²) >= 11 is 0. The van der Waals surface area contributed by atoms with Gasteiger partial charge in [-0.2, -0.15) is 0 Å². The second kappa shape index (κ2) is 11.9.